The van der Waals surface area contributed by atoms with Crippen molar-refractivity contribution in [2.75, 3.05) is 5.32 Å². The number of benzene rings is 1. The molecule has 112 valence electrons. The molecule has 7 heteroatoms. The van der Waals surface area contributed by atoms with Gasteiger partial charge in [0.15, 0.2) is 0 Å². The number of hydrogen-bond donors (Lipinski definition) is 2. The van der Waals surface area contributed by atoms with Crippen LogP contribution in [0.15, 0.2) is 46.6 Å². The summed E-state index contributed by atoms with van der Waals surface area (Å²) in [6.07, 6.45) is 0.470. The molecule has 0 saturated heterocycles. The van der Waals surface area contributed by atoms with Crippen molar-refractivity contribution in [1.29, 1.82) is 0 Å². The van der Waals surface area contributed by atoms with Crippen LogP contribution in [0.1, 0.15) is 16.1 Å². The van der Waals surface area contributed by atoms with Gasteiger partial charge in [-0.05, 0) is 29.1 Å². The van der Waals surface area contributed by atoms with E-state index in [2.05, 4.69) is 20.5 Å². The fourth-order valence-corrected chi connectivity index (χ4v) is 2.63. The van der Waals surface area contributed by atoms with Gasteiger partial charge in [-0.2, -0.15) is 0 Å². The molecule has 2 aromatic heterocycles. The van der Waals surface area contributed by atoms with E-state index in [0.29, 0.717) is 24.6 Å². The Kier molecular flexibility index (Phi) is 4.24. The van der Waals surface area contributed by atoms with Crippen LogP contribution < -0.4 is 10.9 Å². The minimum absolute atomic E-state index is 0.259. The van der Waals surface area contributed by atoms with Crippen LogP contribution in [0.4, 0.5) is 10.3 Å². The zero-order valence-corrected chi connectivity index (χ0v) is 12.4. The van der Waals surface area contributed by atoms with Crippen LogP contribution in [0, 0.1) is 5.82 Å². The third-order valence-electron chi connectivity index (χ3n) is 3.06. The number of thiophene rings is 1. The SMILES string of the molecule is O=c1[nH]c(NCc2ccc(F)cc2)nnc1Cc1cccs1. The molecule has 0 atom stereocenters. The molecule has 0 bridgehead atoms. The Bertz CT molecular complexity index is 799. The third kappa shape index (κ3) is 3.56. The summed E-state index contributed by atoms with van der Waals surface area (Å²) in [5, 5.41) is 12.8. The Balaban J connectivity index is 1.66. The first-order valence-electron chi connectivity index (χ1n) is 6.67. The Morgan fingerprint density at radius 1 is 1.18 bits per heavy atom. The number of hydrogen-bond acceptors (Lipinski definition) is 5. The summed E-state index contributed by atoms with van der Waals surface area (Å²) in [6.45, 7) is 0.426. The van der Waals surface area contributed by atoms with Crippen molar-refractivity contribution in [1.82, 2.24) is 15.2 Å². The van der Waals surface area contributed by atoms with Gasteiger partial charge in [0.2, 0.25) is 5.95 Å². The summed E-state index contributed by atoms with van der Waals surface area (Å²) in [5.41, 5.74) is 1.01. The second-order valence-corrected chi connectivity index (χ2v) is 5.72. The number of nitrogens with zero attached hydrogens (tertiary/aromatic N) is 2. The first-order chi connectivity index (χ1) is 10.7. The Morgan fingerprint density at radius 3 is 2.68 bits per heavy atom. The zero-order chi connectivity index (χ0) is 15.4. The van der Waals surface area contributed by atoms with Crippen LogP contribution in [-0.2, 0) is 13.0 Å². The molecule has 0 saturated carbocycles. The molecular weight excluding hydrogens is 303 g/mol. The maximum atomic E-state index is 12.8. The van der Waals surface area contributed by atoms with Crippen LogP contribution in [0.25, 0.3) is 0 Å². The number of halogens is 1. The molecule has 0 aliphatic heterocycles. The van der Waals surface area contributed by atoms with E-state index in [1.165, 1.54) is 12.1 Å². The van der Waals surface area contributed by atoms with E-state index in [4.69, 9.17) is 0 Å². The molecule has 22 heavy (non-hydrogen) atoms. The van der Waals surface area contributed by atoms with Crippen LogP contribution in [0.3, 0.4) is 0 Å². The normalized spacial score (nSPS) is 10.6. The average Bonchev–Trinajstić information content (AvgIpc) is 3.02. The molecule has 2 heterocycles. The lowest BCUT2D eigenvalue weighted by molar-refractivity contribution is 0.627. The number of H-pyrrole nitrogens is 1. The molecule has 0 amide bonds. The Hall–Kier alpha value is -2.54. The Labute approximate surface area is 129 Å². The Morgan fingerprint density at radius 2 is 2.00 bits per heavy atom. The summed E-state index contributed by atoms with van der Waals surface area (Å²) in [4.78, 5) is 15.7. The molecule has 2 N–H and O–H groups in total. The number of aromatic amines is 1. The smallest absolute Gasteiger partial charge is 0.274 e. The minimum atomic E-state index is -0.283. The molecule has 3 aromatic rings. The highest BCUT2D eigenvalue weighted by Crippen LogP contribution is 2.11. The molecule has 0 radical (unpaired) electrons. The quantitative estimate of drug-likeness (QED) is 0.759. The molecule has 0 unspecified atom stereocenters. The highest BCUT2D eigenvalue weighted by molar-refractivity contribution is 7.09. The predicted molar refractivity (Wildman–Crippen MR) is 83.5 cm³/mol. The standard InChI is InChI=1S/C15H13FN4OS/c16-11-5-3-10(4-6-11)9-17-15-18-14(21)13(19-20-15)8-12-2-1-7-22-12/h1-7H,8-9H2,(H2,17,18,20,21). The van der Waals surface area contributed by atoms with Gasteiger partial charge in [0.25, 0.3) is 5.56 Å². The van der Waals surface area contributed by atoms with E-state index in [1.54, 1.807) is 23.5 Å². The number of nitrogens with one attached hydrogen (secondary N) is 2. The van der Waals surface area contributed by atoms with E-state index < -0.39 is 0 Å². The number of aromatic nitrogens is 3. The summed E-state index contributed by atoms with van der Waals surface area (Å²) < 4.78 is 12.8. The summed E-state index contributed by atoms with van der Waals surface area (Å²) in [6, 6.07) is 9.98. The molecule has 0 aliphatic rings. The maximum Gasteiger partial charge on any atom is 0.274 e. The fourth-order valence-electron chi connectivity index (χ4n) is 1.92. The van der Waals surface area contributed by atoms with Gasteiger partial charge < -0.3 is 5.32 Å². The van der Waals surface area contributed by atoms with E-state index >= 15 is 0 Å². The van der Waals surface area contributed by atoms with Gasteiger partial charge in [0.1, 0.15) is 11.5 Å². The molecule has 0 aliphatic carbocycles. The van der Waals surface area contributed by atoms with Crippen molar-refractivity contribution in [2.24, 2.45) is 0 Å². The van der Waals surface area contributed by atoms with Crippen LogP contribution in [-0.4, -0.2) is 15.2 Å². The van der Waals surface area contributed by atoms with Crippen LogP contribution in [0.5, 0.6) is 0 Å². The molecule has 3 rings (SSSR count). The third-order valence-corrected chi connectivity index (χ3v) is 3.94. The lowest BCUT2D eigenvalue weighted by Gasteiger charge is -2.05. The summed E-state index contributed by atoms with van der Waals surface area (Å²) in [5.74, 6) is 0.0131. The molecule has 5 nitrogen and oxygen atoms in total. The van der Waals surface area contributed by atoms with Crippen molar-refractivity contribution in [2.45, 2.75) is 13.0 Å². The van der Waals surface area contributed by atoms with Gasteiger partial charge >= 0.3 is 0 Å². The van der Waals surface area contributed by atoms with E-state index in [-0.39, 0.29) is 11.4 Å². The maximum absolute atomic E-state index is 12.8. The van der Waals surface area contributed by atoms with Gasteiger partial charge in [-0.3, -0.25) is 9.78 Å². The van der Waals surface area contributed by atoms with Crippen molar-refractivity contribution in [3.05, 3.63) is 74.1 Å². The first kappa shape index (κ1) is 14.4. The van der Waals surface area contributed by atoms with Crippen molar-refractivity contribution >= 4 is 17.3 Å². The fraction of sp³-hybridized carbons (Fsp3) is 0.133. The van der Waals surface area contributed by atoms with E-state index in [1.807, 2.05) is 17.5 Å². The monoisotopic (exact) mass is 316 g/mol. The predicted octanol–water partition coefficient (Wildman–Crippen LogP) is 2.57. The molecular formula is C15H13FN4OS. The van der Waals surface area contributed by atoms with Gasteiger partial charge in [0, 0.05) is 17.8 Å². The minimum Gasteiger partial charge on any atom is -0.350 e. The van der Waals surface area contributed by atoms with Crippen molar-refractivity contribution in [3.63, 3.8) is 0 Å². The lowest BCUT2D eigenvalue weighted by Crippen LogP contribution is -2.19. The second kappa shape index (κ2) is 6.48. The largest absolute Gasteiger partial charge is 0.350 e. The highest BCUT2D eigenvalue weighted by atomic mass is 32.1. The van der Waals surface area contributed by atoms with Gasteiger partial charge in [-0.25, -0.2) is 4.39 Å². The van der Waals surface area contributed by atoms with Gasteiger partial charge in [-0.15, -0.1) is 21.5 Å². The summed E-state index contributed by atoms with van der Waals surface area (Å²) in [7, 11) is 0. The van der Waals surface area contributed by atoms with Crippen molar-refractivity contribution in [3.8, 4) is 0 Å². The van der Waals surface area contributed by atoms with E-state index in [9.17, 15) is 9.18 Å². The zero-order valence-electron chi connectivity index (χ0n) is 11.5. The van der Waals surface area contributed by atoms with Gasteiger partial charge in [-0.1, -0.05) is 18.2 Å². The number of rotatable bonds is 5. The second-order valence-electron chi connectivity index (χ2n) is 4.69. The molecule has 0 spiro atoms. The number of anilines is 1. The molecule has 1 aromatic carbocycles. The van der Waals surface area contributed by atoms with Crippen molar-refractivity contribution < 1.29 is 4.39 Å². The molecule has 0 fully saturated rings. The van der Waals surface area contributed by atoms with Crippen LogP contribution >= 0.6 is 11.3 Å². The first-order valence-corrected chi connectivity index (χ1v) is 7.55. The average molecular weight is 316 g/mol. The van der Waals surface area contributed by atoms with Crippen LogP contribution in [0.2, 0.25) is 0 Å². The topological polar surface area (TPSA) is 70.7 Å². The van der Waals surface area contributed by atoms with E-state index in [0.717, 1.165) is 10.4 Å². The van der Waals surface area contributed by atoms with Gasteiger partial charge in [0.05, 0.1) is 0 Å². The summed E-state index contributed by atoms with van der Waals surface area (Å²) >= 11 is 1.57. The highest BCUT2D eigenvalue weighted by Gasteiger charge is 2.06. The lowest BCUT2D eigenvalue weighted by atomic mass is 10.2.